The highest BCUT2D eigenvalue weighted by molar-refractivity contribution is 6.05. The van der Waals surface area contributed by atoms with E-state index < -0.39 is 29.7 Å². The van der Waals surface area contributed by atoms with Crippen LogP contribution in [-0.4, -0.2) is 39.6 Å². The molecule has 1 aliphatic rings. The second-order valence-corrected chi connectivity index (χ2v) is 8.17. The summed E-state index contributed by atoms with van der Waals surface area (Å²) in [6, 6.07) is 10.4. The lowest BCUT2D eigenvalue weighted by molar-refractivity contribution is -0.137. The standard InChI is InChI=1S/C24H21F3N4O4/c1-14(16-5-7-17(8-6-16)23(34)35)28-21(33)20-19(13-32)29-31-10-9-30(22(20)31)12-15-3-2-4-18(11-15)24(25,26)27/h2-8,11,13-14H,9-10,12H2,1H3,(H,28,33)(H,34,35). The number of benzene rings is 2. The van der Waals surface area contributed by atoms with Gasteiger partial charge in [-0.3, -0.25) is 9.59 Å². The molecule has 4 rings (SSSR count). The smallest absolute Gasteiger partial charge is 0.416 e. The van der Waals surface area contributed by atoms with Gasteiger partial charge in [-0.05, 0) is 42.3 Å². The minimum absolute atomic E-state index is 0.0403. The number of hydrogen-bond donors (Lipinski definition) is 2. The average molecular weight is 486 g/mol. The fourth-order valence-electron chi connectivity index (χ4n) is 4.06. The molecule has 2 N–H and O–H groups in total. The normalized spacial score (nSPS) is 13.9. The number of aromatic carboxylic acids is 1. The summed E-state index contributed by atoms with van der Waals surface area (Å²) < 4.78 is 40.8. The van der Waals surface area contributed by atoms with Gasteiger partial charge in [0.2, 0.25) is 0 Å². The van der Waals surface area contributed by atoms with Crippen LogP contribution in [0.3, 0.4) is 0 Å². The van der Waals surface area contributed by atoms with E-state index in [1.54, 1.807) is 30.0 Å². The number of aromatic nitrogens is 2. The molecule has 182 valence electrons. The highest BCUT2D eigenvalue weighted by Gasteiger charge is 2.33. The summed E-state index contributed by atoms with van der Waals surface area (Å²) in [4.78, 5) is 37.6. The number of carboxylic acid groups (broad SMARTS) is 1. The van der Waals surface area contributed by atoms with Crippen LogP contribution in [0.25, 0.3) is 0 Å². The van der Waals surface area contributed by atoms with Crippen LogP contribution in [0.2, 0.25) is 0 Å². The number of amides is 1. The number of hydrogen-bond acceptors (Lipinski definition) is 5. The number of fused-ring (bicyclic) bond motifs is 1. The third kappa shape index (κ3) is 4.88. The number of aldehydes is 1. The molecule has 1 amide bonds. The van der Waals surface area contributed by atoms with E-state index >= 15 is 0 Å². The number of alkyl halides is 3. The van der Waals surface area contributed by atoms with Gasteiger partial charge in [0.15, 0.2) is 6.29 Å². The summed E-state index contributed by atoms with van der Waals surface area (Å²) in [5.41, 5.74) is 0.367. The largest absolute Gasteiger partial charge is 0.478 e. The first-order valence-corrected chi connectivity index (χ1v) is 10.7. The highest BCUT2D eigenvalue weighted by atomic mass is 19.4. The lowest BCUT2D eigenvalue weighted by Gasteiger charge is -2.21. The Balaban J connectivity index is 1.58. The zero-order valence-electron chi connectivity index (χ0n) is 18.5. The summed E-state index contributed by atoms with van der Waals surface area (Å²) in [6.45, 7) is 2.58. The minimum Gasteiger partial charge on any atom is -0.478 e. The number of anilines is 1. The minimum atomic E-state index is -4.47. The van der Waals surface area contributed by atoms with E-state index in [1.807, 2.05) is 0 Å². The molecule has 2 heterocycles. The van der Waals surface area contributed by atoms with Gasteiger partial charge in [0.25, 0.3) is 5.91 Å². The monoisotopic (exact) mass is 486 g/mol. The maximum Gasteiger partial charge on any atom is 0.416 e. The predicted octanol–water partition coefficient (Wildman–Crippen LogP) is 3.92. The summed E-state index contributed by atoms with van der Waals surface area (Å²) in [5, 5.41) is 16.0. The van der Waals surface area contributed by atoms with Crippen molar-refractivity contribution in [2.75, 3.05) is 11.4 Å². The van der Waals surface area contributed by atoms with Gasteiger partial charge in [0.05, 0.1) is 23.7 Å². The van der Waals surface area contributed by atoms with Crippen LogP contribution < -0.4 is 10.2 Å². The van der Waals surface area contributed by atoms with Crippen molar-refractivity contribution < 1.29 is 32.7 Å². The molecule has 0 spiro atoms. The molecule has 0 saturated carbocycles. The number of nitrogens with one attached hydrogen (secondary N) is 1. The SMILES string of the molecule is CC(NC(=O)c1c(C=O)nn2c1N(Cc1cccc(C(F)(F)F)c1)CC2)c1ccc(C(=O)O)cc1. The maximum absolute atomic E-state index is 13.2. The topological polar surface area (TPSA) is 105 Å². The van der Waals surface area contributed by atoms with Crippen LogP contribution >= 0.6 is 0 Å². The molecular weight excluding hydrogens is 465 g/mol. The Bertz CT molecular complexity index is 1280. The second kappa shape index (κ2) is 9.24. The van der Waals surface area contributed by atoms with Crippen LogP contribution in [0, 0.1) is 0 Å². The molecule has 2 aromatic carbocycles. The zero-order chi connectivity index (χ0) is 25.3. The molecule has 3 aromatic rings. The Kier molecular flexibility index (Phi) is 6.33. The Labute approximate surface area is 198 Å². The van der Waals surface area contributed by atoms with Gasteiger partial charge in [0, 0.05) is 13.1 Å². The van der Waals surface area contributed by atoms with Crippen molar-refractivity contribution in [3.05, 3.63) is 82.0 Å². The van der Waals surface area contributed by atoms with Gasteiger partial charge in [-0.2, -0.15) is 18.3 Å². The number of rotatable bonds is 7. The molecule has 0 fully saturated rings. The Morgan fingerprint density at radius 1 is 1.17 bits per heavy atom. The first kappa shape index (κ1) is 24.0. The molecule has 11 heteroatoms. The molecule has 0 aliphatic carbocycles. The van der Waals surface area contributed by atoms with Gasteiger partial charge >= 0.3 is 12.1 Å². The zero-order valence-corrected chi connectivity index (χ0v) is 18.5. The molecule has 1 unspecified atom stereocenters. The van der Waals surface area contributed by atoms with E-state index in [0.29, 0.717) is 36.3 Å². The van der Waals surface area contributed by atoms with Crippen molar-refractivity contribution in [1.82, 2.24) is 15.1 Å². The van der Waals surface area contributed by atoms with E-state index in [4.69, 9.17) is 5.11 Å². The van der Waals surface area contributed by atoms with E-state index in [-0.39, 0.29) is 23.4 Å². The third-order valence-electron chi connectivity index (χ3n) is 5.81. The van der Waals surface area contributed by atoms with Gasteiger partial charge < -0.3 is 15.3 Å². The van der Waals surface area contributed by atoms with Crippen molar-refractivity contribution in [2.45, 2.75) is 32.2 Å². The molecule has 0 bridgehead atoms. The van der Waals surface area contributed by atoms with Gasteiger partial charge in [-0.15, -0.1) is 0 Å². The summed E-state index contributed by atoms with van der Waals surface area (Å²) in [6.07, 6.45) is -4.01. The summed E-state index contributed by atoms with van der Waals surface area (Å²) >= 11 is 0. The lowest BCUT2D eigenvalue weighted by Crippen LogP contribution is -2.30. The van der Waals surface area contributed by atoms with Gasteiger partial charge in [-0.1, -0.05) is 24.3 Å². The van der Waals surface area contributed by atoms with Gasteiger partial charge in [-0.25, -0.2) is 9.48 Å². The fourth-order valence-corrected chi connectivity index (χ4v) is 4.06. The summed E-state index contributed by atoms with van der Waals surface area (Å²) in [5.74, 6) is -1.28. The molecule has 1 aromatic heterocycles. The average Bonchev–Trinajstić information content (AvgIpc) is 3.38. The van der Waals surface area contributed by atoms with Gasteiger partial charge in [0.1, 0.15) is 17.1 Å². The molecule has 0 saturated heterocycles. The first-order valence-electron chi connectivity index (χ1n) is 10.7. The lowest BCUT2D eigenvalue weighted by atomic mass is 10.1. The van der Waals surface area contributed by atoms with Crippen molar-refractivity contribution in [1.29, 1.82) is 0 Å². The molecular formula is C24H21F3N4O4. The number of halogens is 3. The first-order chi connectivity index (χ1) is 16.6. The Hall–Kier alpha value is -4.15. The fraction of sp³-hybridized carbons (Fsp3) is 0.250. The van der Waals surface area contributed by atoms with Crippen LogP contribution in [-0.2, 0) is 19.3 Å². The predicted molar refractivity (Wildman–Crippen MR) is 119 cm³/mol. The van der Waals surface area contributed by atoms with Crippen LogP contribution in [0.15, 0.2) is 48.5 Å². The van der Waals surface area contributed by atoms with E-state index in [9.17, 15) is 27.6 Å². The number of carboxylic acids is 1. The molecule has 35 heavy (non-hydrogen) atoms. The summed E-state index contributed by atoms with van der Waals surface area (Å²) in [7, 11) is 0. The number of carbonyl (C=O) groups excluding carboxylic acids is 2. The Morgan fingerprint density at radius 2 is 1.89 bits per heavy atom. The van der Waals surface area contributed by atoms with Crippen LogP contribution in [0.5, 0.6) is 0 Å². The maximum atomic E-state index is 13.2. The van der Waals surface area contributed by atoms with Crippen molar-refractivity contribution >= 4 is 24.0 Å². The Morgan fingerprint density at radius 3 is 2.51 bits per heavy atom. The molecule has 8 nitrogen and oxygen atoms in total. The van der Waals surface area contributed by atoms with Crippen molar-refractivity contribution in [3.8, 4) is 0 Å². The molecule has 1 atom stereocenters. The van der Waals surface area contributed by atoms with Crippen LogP contribution in [0.1, 0.15) is 60.9 Å². The van der Waals surface area contributed by atoms with E-state index in [1.165, 1.54) is 22.9 Å². The van der Waals surface area contributed by atoms with Crippen LogP contribution in [0.4, 0.5) is 19.0 Å². The third-order valence-corrected chi connectivity index (χ3v) is 5.81. The molecule has 0 radical (unpaired) electrons. The van der Waals surface area contributed by atoms with Crippen molar-refractivity contribution in [3.63, 3.8) is 0 Å². The van der Waals surface area contributed by atoms with E-state index in [2.05, 4.69) is 10.4 Å². The number of nitrogens with zero attached hydrogens (tertiary/aromatic N) is 3. The highest BCUT2D eigenvalue weighted by Crippen LogP contribution is 2.33. The molecule has 1 aliphatic heterocycles. The quantitative estimate of drug-likeness (QED) is 0.491. The number of carbonyl (C=O) groups is 3. The van der Waals surface area contributed by atoms with E-state index in [0.717, 1.165) is 12.1 Å². The second-order valence-electron chi connectivity index (χ2n) is 8.17. The van der Waals surface area contributed by atoms with Crippen molar-refractivity contribution in [2.24, 2.45) is 0 Å².